The molecule has 20 heavy (non-hydrogen) atoms. The Kier molecular flexibility index (Phi) is 2.89. The number of pyridine rings is 1. The van der Waals surface area contributed by atoms with Gasteiger partial charge in [0.05, 0.1) is 5.52 Å². The Morgan fingerprint density at radius 2 is 2.05 bits per heavy atom. The molecule has 0 aliphatic rings. The van der Waals surface area contributed by atoms with E-state index in [1.165, 1.54) is 6.07 Å². The number of halogens is 1. The van der Waals surface area contributed by atoms with E-state index in [9.17, 15) is 4.39 Å². The van der Waals surface area contributed by atoms with E-state index in [2.05, 4.69) is 9.97 Å². The minimum atomic E-state index is -0.315. The Balaban J connectivity index is 2.35. The van der Waals surface area contributed by atoms with Crippen molar-refractivity contribution >= 4 is 16.9 Å². The molecule has 3 rings (SSSR count). The van der Waals surface area contributed by atoms with Crippen LogP contribution in [0.2, 0.25) is 0 Å². The maximum Gasteiger partial charge on any atom is 0.151 e. The molecule has 5 heteroatoms. The van der Waals surface area contributed by atoms with Crippen LogP contribution in [0.1, 0.15) is 19.9 Å². The maximum absolute atomic E-state index is 13.9. The number of fused-ring (bicyclic) bond motifs is 1. The minimum absolute atomic E-state index is 0.159. The number of imidazole rings is 1. The van der Waals surface area contributed by atoms with Crippen molar-refractivity contribution in [3.8, 4) is 11.4 Å². The fourth-order valence-corrected chi connectivity index (χ4v) is 2.40. The number of hydrogen-bond donors (Lipinski definition) is 1. The lowest BCUT2D eigenvalue weighted by Gasteiger charge is -2.13. The predicted molar refractivity (Wildman–Crippen MR) is 77.7 cm³/mol. The highest BCUT2D eigenvalue weighted by Crippen LogP contribution is 2.29. The molecule has 2 N–H and O–H groups in total. The van der Waals surface area contributed by atoms with Crippen molar-refractivity contribution in [3.63, 3.8) is 0 Å². The van der Waals surface area contributed by atoms with Crippen molar-refractivity contribution in [2.24, 2.45) is 0 Å². The summed E-state index contributed by atoms with van der Waals surface area (Å²) in [6.07, 6.45) is 1.63. The first kappa shape index (κ1) is 12.6. The van der Waals surface area contributed by atoms with Gasteiger partial charge in [-0.1, -0.05) is 6.07 Å². The first-order valence-corrected chi connectivity index (χ1v) is 6.46. The molecule has 0 aliphatic heterocycles. The van der Waals surface area contributed by atoms with Crippen LogP contribution in [0.3, 0.4) is 0 Å². The number of anilines is 1. The lowest BCUT2D eigenvalue weighted by molar-refractivity contribution is 0.623. The van der Waals surface area contributed by atoms with Crippen LogP contribution >= 0.6 is 0 Å². The molecule has 0 unspecified atom stereocenters. The summed E-state index contributed by atoms with van der Waals surface area (Å²) in [5.41, 5.74) is 7.72. The average Bonchev–Trinajstić information content (AvgIpc) is 2.79. The Hall–Kier alpha value is -2.43. The molecule has 2 aromatic heterocycles. The van der Waals surface area contributed by atoms with Gasteiger partial charge in [-0.3, -0.25) is 0 Å². The second kappa shape index (κ2) is 4.59. The second-order valence-corrected chi connectivity index (χ2v) is 4.98. The van der Waals surface area contributed by atoms with Crippen LogP contribution in [0.25, 0.3) is 22.4 Å². The molecular formula is C15H15FN4. The van der Waals surface area contributed by atoms with Gasteiger partial charge in [-0.15, -0.1) is 0 Å². The summed E-state index contributed by atoms with van der Waals surface area (Å²) in [6, 6.07) is 8.73. The van der Waals surface area contributed by atoms with E-state index >= 15 is 0 Å². The molecule has 0 bridgehead atoms. The van der Waals surface area contributed by atoms with Gasteiger partial charge in [0.1, 0.15) is 17.2 Å². The van der Waals surface area contributed by atoms with Crippen molar-refractivity contribution in [1.82, 2.24) is 14.5 Å². The predicted octanol–water partition coefficient (Wildman–Crippen LogP) is 3.40. The van der Waals surface area contributed by atoms with Crippen LogP contribution in [-0.4, -0.2) is 14.5 Å². The molecule has 4 nitrogen and oxygen atoms in total. The van der Waals surface area contributed by atoms with Gasteiger partial charge in [-0.2, -0.15) is 0 Å². The maximum atomic E-state index is 13.9. The normalized spacial score (nSPS) is 11.4. The van der Waals surface area contributed by atoms with Crippen LogP contribution in [0.4, 0.5) is 10.2 Å². The van der Waals surface area contributed by atoms with Gasteiger partial charge in [0.2, 0.25) is 0 Å². The first-order chi connectivity index (χ1) is 9.58. The van der Waals surface area contributed by atoms with E-state index in [0.29, 0.717) is 17.2 Å². The number of para-hydroxylation sites is 1. The highest BCUT2D eigenvalue weighted by molar-refractivity contribution is 5.81. The molecule has 3 aromatic rings. The van der Waals surface area contributed by atoms with Crippen LogP contribution < -0.4 is 5.73 Å². The topological polar surface area (TPSA) is 56.7 Å². The molecule has 0 fully saturated rings. The number of nitrogen functional groups attached to an aromatic ring is 1. The van der Waals surface area contributed by atoms with Crippen LogP contribution in [0, 0.1) is 5.82 Å². The fourth-order valence-electron chi connectivity index (χ4n) is 2.40. The van der Waals surface area contributed by atoms with Crippen LogP contribution in [-0.2, 0) is 0 Å². The quantitative estimate of drug-likeness (QED) is 0.776. The molecule has 102 valence electrons. The van der Waals surface area contributed by atoms with E-state index < -0.39 is 0 Å². The number of nitrogens with two attached hydrogens (primary N) is 1. The smallest absolute Gasteiger partial charge is 0.151 e. The lowest BCUT2D eigenvalue weighted by atomic mass is 10.2. The molecule has 0 spiro atoms. The van der Waals surface area contributed by atoms with Gasteiger partial charge >= 0.3 is 0 Å². The van der Waals surface area contributed by atoms with E-state index in [1.54, 1.807) is 18.3 Å². The van der Waals surface area contributed by atoms with E-state index in [-0.39, 0.29) is 11.9 Å². The van der Waals surface area contributed by atoms with Crippen molar-refractivity contribution in [2.45, 2.75) is 19.9 Å². The standard InChI is InChI=1S/C15H15FN4/c1-9(2)20-12-5-3-4-11(16)14(12)19-15(20)10-6-7-18-13(17)8-10/h3-9H,1-2H3,(H2,17,18). The number of benzene rings is 1. The van der Waals surface area contributed by atoms with E-state index in [0.717, 1.165) is 11.1 Å². The summed E-state index contributed by atoms with van der Waals surface area (Å²) in [5.74, 6) is 0.810. The average molecular weight is 270 g/mol. The van der Waals surface area contributed by atoms with E-state index in [4.69, 9.17) is 5.73 Å². The minimum Gasteiger partial charge on any atom is -0.384 e. The third-order valence-corrected chi connectivity index (χ3v) is 3.23. The zero-order valence-electron chi connectivity index (χ0n) is 11.3. The van der Waals surface area contributed by atoms with Gasteiger partial charge < -0.3 is 10.3 Å². The largest absolute Gasteiger partial charge is 0.384 e. The molecule has 2 heterocycles. The second-order valence-electron chi connectivity index (χ2n) is 4.98. The van der Waals surface area contributed by atoms with Crippen molar-refractivity contribution < 1.29 is 4.39 Å². The summed E-state index contributed by atoms with van der Waals surface area (Å²) in [7, 11) is 0. The Bertz CT molecular complexity index is 777. The van der Waals surface area contributed by atoms with Gasteiger partial charge in [-0.05, 0) is 38.1 Å². The third-order valence-electron chi connectivity index (χ3n) is 3.23. The molecule has 0 aliphatic carbocycles. The molecule has 0 saturated heterocycles. The van der Waals surface area contributed by atoms with Gasteiger partial charge in [-0.25, -0.2) is 14.4 Å². The Morgan fingerprint density at radius 1 is 1.25 bits per heavy atom. The summed E-state index contributed by atoms with van der Waals surface area (Å²) in [4.78, 5) is 8.43. The monoisotopic (exact) mass is 270 g/mol. The fraction of sp³-hybridized carbons (Fsp3) is 0.200. The lowest BCUT2D eigenvalue weighted by Crippen LogP contribution is -2.03. The summed E-state index contributed by atoms with van der Waals surface area (Å²) >= 11 is 0. The van der Waals surface area contributed by atoms with E-state index in [1.807, 2.05) is 30.5 Å². The third kappa shape index (κ3) is 1.91. The van der Waals surface area contributed by atoms with Gasteiger partial charge in [0, 0.05) is 17.8 Å². The number of rotatable bonds is 2. The van der Waals surface area contributed by atoms with Gasteiger partial charge in [0.15, 0.2) is 5.82 Å². The van der Waals surface area contributed by atoms with Crippen LogP contribution in [0.5, 0.6) is 0 Å². The number of aromatic nitrogens is 3. The molecule has 0 radical (unpaired) electrons. The molecule has 0 atom stereocenters. The summed E-state index contributed by atoms with van der Waals surface area (Å²) in [5, 5.41) is 0. The van der Waals surface area contributed by atoms with Crippen LogP contribution in [0.15, 0.2) is 36.5 Å². The zero-order valence-corrected chi connectivity index (χ0v) is 11.3. The number of nitrogens with zero attached hydrogens (tertiary/aromatic N) is 3. The van der Waals surface area contributed by atoms with Crippen molar-refractivity contribution in [3.05, 3.63) is 42.3 Å². The Labute approximate surface area is 116 Å². The molecular weight excluding hydrogens is 255 g/mol. The molecule has 0 saturated carbocycles. The van der Waals surface area contributed by atoms with Crippen molar-refractivity contribution in [1.29, 1.82) is 0 Å². The highest BCUT2D eigenvalue weighted by atomic mass is 19.1. The van der Waals surface area contributed by atoms with Crippen molar-refractivity contribution in [2.75, 3.05) is 5.73 Å². The Morgan fingerprint density at radius 3 is 2.75 bits per heavy atom. The van der Waals surface area contributed by atoms with Gasteiger partial charge in [0.25, 0.3) is 0 Å². The highest BCUT2D eigenvalue weighted by Gasteiger charge is 2.17. The number of hydrogen-bond acceptors (Lipinski definition) is 3. The molecule has 1 aromatic carbocycles. The SMILES string of the molecule is CC(C)n1c(-c2ccnc(N)c2)nc2c(F)cccc21. The summed E-state index contributed by atoms with van der Waals surface area (Å²) in [6.45, 7) is 4.08. The zero-order chi connectivity index (χ0) is 14.3. The summed E-state index contributed by atoms with van der Waals surface area (Å²) < 4.78 is 15.9. The first-order valence-electron chi connectivity index (χ1n) is 6.46. The molecule has 0 amide bonds.